The molecule has 18 heavy (non-hydrogen) atoms. The van der Waals surface area contributed by atoms with Crippen LogP contribution < -0.4 is 0 Å². The Labute approximate surface area is 113 Å². The summed E-state index contributed by atoms with van der Waals surface area (Å²) in [5.74, 6) is 0. The summed E-state index contributed by atoms with van der Waals surface area (Å²) in [5.41, 5.74) is 2.65. The molecule has 0 aliphatic carbocycles. The molecule has 0 aliphatic heterocycles. The Hall–Kier alpha value is -0.613. The number of hydrogen-bond donors (Lipinski definition) is 1. The van der Waals surface area contributed by atoms with Gasteiger partial charge >= 0.3 is 0 Å². The number of nitrogens with zero attached hydrogens (tertiary/aromatic N) is 1. The van der Waals surface area contributed by atoms with E-state index < -0.39 is 9.04 Å². The van der Waals surface area contributed by atoms with Crippen LogP contribution in [0.2, 0.25) is 13.1 Å². The van der Waals surface area contributed by atoms with Crippen molar-refractivity contribution in [3.63, 3.8) is 0 Å². The lowest BCUT2D eigenvalue weighted by molar-refractivity contribution is 0.181. The van der Waals surface area contributed by atoms with Gasteiger partial charge in [-0.3, -0.25) is 0 Å². The number of aryl methyl sites for hydroxylation is 1. The average molecular weight is 268 g/mol. The molecule has 0 saturated heterocycles. The van der Waals surface area contributed by atoms with Crippen LogP contribution >= 0.6 is 0 Å². The van der Waals surface area contributed by atoms with Gasteiger partial charge in [0.15, 0.2) is 9.04 Å². The minimum atomic E-state index is -1.03. The largest absolute Gasteiger partial charge is 0.412 e. The normalized spacial score (nSPS) is 14.2. The maximum atomic E-state index is 6.15. The summed E-state index contributed by atoms with van der Waals surface area (Å²) in [4.78, 5) is 7.58. The smallest absolute Gasteiger partial charge is 0.171 e. The molecule has 1 aromatic rings. The highest BCUT2D eigenvalue weighted by atomic mass is 28.3. The molecule has 1 aromatic heterocycles. The highest BCUT2D eigenvalue weighted by Gasteiger charge is 2.19. The van der Waals surface area contributed by atoms with E-state index in [4.69, 9.17) is 4.43 Å². The first-order valence-corrected chi connectivity index (χ1v) is 9.73. The molecule has 0 aliphatic rings. The summed E-state index contributed by atoms with van der Waals surface area (Å²) < 4.78 is 6.15. The summed E-state index contributed by atoms with van der Waals surface area (Å²) in [6.45, 7) is 13.4. The number of H-pyrrole nitrogens is 1. The Balaban J connectivity index is 2.60. The lowest BCUT2D eigenvalue weighted by Gasteiger charge is -2.22. The van der Waals surface area contributed by atoms with Crippen molar-refractivity contribution in [3.05, 3.63) is 17.7 Å². The van der Waals surface area contributed by atoms with Crippen molar-refractivity contribution < 1.29 is 4.43 Å². The summed E-state index contributed by atoms with van der Waals surface area (Å²) >= 11 is 0. The molecule has 1 heterocycles. The predicted molar refractivity (Wildman–Crippen MR) is 79.3 cm³/mol. The van der Waals surface area contributed by atoms with E-state index in [1.54, 1.807) is 6.33 Å². The molecular weight excluding hydrogens is 240 g/mol. The van der Waals surface area contributed by atoms with Gasteiger partial charge in [0.25, 0.3) is 0 Å². The maximum absolute atomic E-state index is 6.15. The standard InChI is InChI=1S/C14H28N2OSi/c1-11-13(16-10-15-11)12(17-18(5)6)8-7-9-14(2,3)4/h10,12,18H,7-9H2,1-6H3,(H,15,16). The number of imidazole rings is 1. The van der Waals surface area contributed by atoms with Crippen LogP contribution in [0.5, 0.6) is 0 Å². The first-order chi connectivity index (χ1) is 8.29. The van der Waals surface area contributed by atoms with E-state index in [9.17, 15) is 0 Å². The fourth-order valence-electron chi connectivity index (χ4n) is 2.11. The van der Waals surface area contributed by atoms with Gasteiger partial charge in [0, 0.05) is 5.69 Å². The molecule has 1 atom stereocenters. The van der Waals surface area contributed by atoms with Gasteiger partial charge in [-0.1, -0.05) is 20.8 Å². The van der Waals surface area contributed by atoms with E-state index in [-0.39, 0.29) is 6.10 Å². The monoisotopic (exact) mass is 268 g/mol. The zero-order chi connectivity index (χ0) is 13.8. The molecule has 0 bridgehead atoms. The van der Waals surface area contributed by atoms with E-state index in [1.165, 1.54) is 12.8 Å². The van der Waals surface area contributed by atoms with Crippen LogP contribution in [0.1, 0.15) is 57.5 Å². The first-order valence-electron chi connectivity index (χ1n) is 6.95. The minimum Gasteiger partial charge on any atom is -0.412 e. The third-order valence-electron chi connectivity index (χ3n) is 3.00. The van der Waals surface area contributed by atoms with Crippen molar-refractivity contribution in [2.45, 2.75) is 66.2 Å². The van der Waals surface area contributed by atoms with Crippen LogP contribution in [0.4, 0.5) is 0 Å². The summed E-state index contributed by atoms with van der Waals surface area (Å²) in [6.07, 6.45) is 5.46. The van der Waals surface area contributed by atoms with E-state index >= 15 is 0 Å². The second kappa shape index (κ2) is 6.52. The fraction of sp³-hybridized carbons (Fsp3) is 0.786. The molecule has 1 unspecified atom stereocenters. The zero-order valence-corrected chi connectivity index (χ0v) is 13.9. The van der Waals surface area contributed by atoms with E-state index in [2.05, 4.69) is 50.8 Å². The third-order valence-corrected chi connectivity index (χ3v) is 3.88. The van der Waals surface area contributed by atoms with Crippen LogP contribution in [0.25, 0.3) is 0 Å². The summed E-state index contributed by atoms with van der Waals surface area (Å²) in [5, 5.41) is 0. The zero-order valence-electron chi connectivity index (χ0n) is 12.7. The number of rotatable bonds is 6. The lowest BCUT2D eigenvalue weighted by Crippen LogP contribution is -2.16. The van der Waals surface area contributed by atoms with Crippen LogP contribution in [-0.4, -0.2) is 19.0 Å². The van der Waals surface area contributed by atoms with Gasteiger partial charge in [0.1, 0.15) is 0 Å². The molecule has 1 N–H and O–H groups in total. The first kappa shape index (κ1) is 15.4. The average Bonchev–Trinajstić information content (AvgIpc) is 2.60. The second-order valence-corrected chi connectivity index (χ2v) is 8.91. The topological polar surface area (TPSA) is 37.9 Å². The van der Waals surface area contributed by atoms with Crippen LogP contribution in [0.15, 0.2) is 6.33 Å². The van der Waals surface area contributed by atoms with Gasteiger partial charge < -0.3 is 9.41 Å². The molecule has 4 heteroatoms. The van der Waals surface area contributed by atoms with Crippen LogP contribution in [0.3, 0.4) is 0 Å². The molecule has 0 spiro atoms. The molecule has 0 radical (unpaired) electrons. The molecule has 0 amide bonds. The molecular formula is C14H28N2OSi. The minimum absolute atomic E-state index is 0.185. The number of hydrogen-bond acceptors (Lipinski definition) is 2. The van der Waals surface area contributed by atoms with Crippen molar-refractivity contribution in [2.24, 2.45) is 5.41 Å². The van der Waals surface area contributed by atoms with Gasteiger partial charge in [0.05, 0.1) is 18.1 Å². The van der Waals surface area contributed by atoms with E-state index in [0.717, 1.165) is 17.8 Å². The maximum Gasteiger partial charge on any atom is 0.171 e. The molecule has 0 fully saturated rings. The van der Waals surface area contributed by atoms with E-state index in [1.807, 2.05) is 0 Å². The van der Waals surface area contributed by atoms with Crippen molar-refractivity contribution in [3.8, 4) is 0 Å². The van der Waals surface area contributed by atoms with E-state index in [0.29, 0.717) is 5.41 Å². The number of nitrogens with one attached hydrogen (secondary N) is 1. The van der Waals surface area contributed by atoms with Crippen LogP contribution in [0, 0.1) is 12.3 Å². The number of aromatic amines is 1. The van der Waals surface area contributed by atoms with Gasteiger partial charge in [-0.15, -0.1) is 0 Å². The molecule has 104 valence electrons. The number of aromatic nitrogens is 2. The van der Waals surface area contributed by atoms with Crippen molar-refractivity contribution in [1.29, 1.82) is 0 Å². The SMILES string of the molecule is Cc1[nH]cnc1C(CCCC(C)(C)C)O[SiH](C)C. The predicted octanol–water partition coefficient (Wildman–Crippen LogP) is 3.98. The summed E-state index contributed by atoms with van der Waals surface area (Å²) in [6, 6.07) is 0. The Kier molecular flexibility index (Phi) is 5.60. The highest BCUT2D eigenvalue weighted by molar-refractivity contribution is 6.48. The van der Waals surface area contributed by atoms with Crippen molar-refractivity contribution >= 4 is 9.04 Å². The fourth-order valence-corrected chi connectivity index (χ4v) is 3.03. The Bertz CT molecular complexity index is 355. The van der Waals surface area contributed by atoms with Crippen molar-refractivity contribution in [2.75, 3.05) is 0 Å². The van der Waals surface area contributed by atoms with Gasteiger partial charge in [0.2, 0.25) is 0 Å². The highest BCUT2D eigenvalue weighted by Crippen LogP contribution is 2.28. The lowest BCUT2D eigenvalue weighted by atomic mass is 9.89. The van der Waals surface area contributed by atoms with Crippen molar-refractivity contribution in [1.82, 2.24) is 9.97 Å². The third kappa shape index (κ3) is 5.36. The van der Waals surface area contributed by atoms with Crippen LogP contribution in [-0.2, 0) is 4.43 Å². The molecule has 3 nitrogen and oxygen atoms in total. The Morgan fingerprint density at radius 1 is 1.39 bits per heavy atom. The summed E-state index contributed by atoms with van der Waals surface area (Å²) in [7, 11) is -1.03. The Morgan fingerprint density at radius 3 is 2.50 bits per heavy atom. The molecule has 0 aromatic carbocycles. The second-order valence-electron chi connectivity index (χ2n) is 6.54. The van der Waals surface area contributed by atoms with Gasteiger partial charge in [-0.2, -0.15) is 0 Å². The quantitative estimate of drug-likeness (QED) is 0.793. The molecule has 0 saturated carbocycles. The van der Waals surface area contributed by atoms with Gasteiger partial charge in [-0.25, -0.2) is 4.98 Å². The molecule has 1 rings (SSSR count). The van der Waals surface area contributed by atoms with Gasteiger partial charge in [-0.05, 0) is 44.7 Å². The Morgan fingerprint density at radius 2 is 2.06 bits per heavy atom.